The third-order valence-corrected chi connectivity index (χ3v) is 2.71. The molecule has 0 aliphatic heterocycles. The van der Waals surface area contributed by atoms with Crippen molar-refractivity contribution in [2.75, 3.05) is 11.9 Å². The standard InChI is InChI=1S/C11H12FN3S/c1-2-6-13-11-14-10(15-16-11)8-4-3-5-9(12)7-8/h3-5,7H,2,6H2,1H3,(H,13,14,15). The van der Waals surface area contributed by atoms with Crippen LogP contribution >= 0.6 is 11.5 Å². The molecule has 5 heteroatoms. The van der Waals surface area contributed by atoms with E-state index in [2.05, 4.69) is 21.6 Å². The molecule has 0 spiro atoms. The number of nitrogens with one attached hydrogen (secondary N) is 1. The fourth-order valence-electron chi connectivity index (χ4n) is 1.27. The zero-order valence-corrected chi connectivity index (χ0v) is 9.72. The SMILES string of the molecule is CCCNc1nc(-c2cccc(F)c2)ns1. The van der Waals surface area contributed by atoms with Gasteiger partial charge in [0.1, 0.15) is 5.82 Å². The van der Waals surface area contributed by atoms with Crippen molar-refractivity contribution in [3.8, 4) is 11.4 Å². The number of benzene rings is 1. The number of nitrogens with zero attached hydrogens (tertiary/aromatic N) is 2. The highest BCUT2D eigenvalue weighted by Crippen LogP contribution is 2.21. The van der Waals surface area contributed by atoms with Crippen LogP contribution in [-0.4, -0.2) is 15.9 Å². The van der Waals surface area contributed by atoms with Crippen molar-refractivity contribution in [1.29, 1.82) is 0 Å². The molecule has 0 saturated carbocycles. The van der Waals surface area contributed by atoms with Crippen molar-refractivity contribution in [2.45, 2.75) is 13.3 Å². The second kappa shape index (κ2) is 5.03. The number of anilines is 1. The van der Waals surface area contributed by atoms with Gasteiger partial charge in [0.25, 0.3) is 0 Å². The molecule has 16 heavy (non-hydrogen) atoms. The Labute approximate surface area is 97.5 Å². The first-order chi connectivity index (χ1) is 7.79. The lowest BCUT2D eigenvalue weighted by molar-refractivity contribution is 0.628. The van der Waals surface area contributed by atoms with Gasteiger partial charge in [0, 0.05) is 23.6 Å². The summed E-state index contributed by atoms with van der Waals surface area (Å²) in [7, 11) is 0. The van der Waals surface area contributed by atoms with Crippen molar-refractivity contribution in [3.05, 3.63) is 30.1 Å². The average Bonchev–Trinajstić information content (AvgIpc) is 2.75. The minimum Gasteiger partial charge on any atom is -0.360 e. The predicted octanol–water partition coefficient (Wildman–Crippen LogP) is 3.17. The Hall–Kier alpha value is -1.49. The third kappa shape index (κ3) is 2.55. The summed E-state index contributed by atoms with van der Waals surface area (Å²) in [6, 6.07) is 6.30. The molecule has 0 aliphatic carbocycles. The molecule has 0 bridgehead atoms. The predicted molar refractivity (Wildman–Crippen MR) is 64.1 cm³/mol. The minimum atomic E-state index is -0.268. The lowest BCUT2D eigenvalue weighted by Gasteiger charge is -1.96. The van der Waals surface area contributed by atoms with Crippen molar-refractivity contribution in [1.82, 2.24) is 9.36 Å². The first-order valence-corrected chi connectivity index (χ1v) is 5.90. The fourth-order valence-corrected chi connectivity index (χ4v) is 1.89. The van der Waals surface area contributed by atoms with Gasteiger partial charge < -0.3 is 5.32 Å². The maximum absolute atomic E-state index is 13.0. The minimum absolute atomic E-state index is 0.268. The molecule has 0 fully saturated rings. The molecule has 2 rings (SSSR count). The summed E-state index contributed by atoms with van der Waals surface area (Å²) in [5.74, 6) is 0.304. The zero-order valence-electron chi connectivity index (χ0n) is 8.90. The van der Waals surface area contributed by atoms with Crippen LogP contribution in [0, 0.1) is 5.82 Å². The van der Waals surface area contributed by atoms with Crippen molar-refractivity contribution >= 4 is 16.7 Å². The van der Waals surface area contributed by atoms with Gasteiger partial charge in [-0.3, -0.25) is 0 Å². The van der Waals surface area contributed by atoms with Gasteiger partial charge in [0.05, 0.1) is 0 Å². The topological polar surface area (TPSA) is 37.8 Å². The van der Waals surface area contributed by atoms with E-state index in [9.17, 15) is 4.39 Å². The Morgan fingerprint density at radius 2 is 2.31 bits per heavy atom. The van der Waals surface area contributed by atoms with Crippen LogP contribution in [0.15, 0.2) is 24.3 Å². The van der Waals surface area contributed by atoms with E-state index in [-0.39, 0.29) is 5.82 Å². The summed E-state index contributed by atoms with van der Waals surface area (Å²) in [5.41, 5.74) is 0.709. The number of aromatic nitrogens is 2. The Kier molecular flexibility index (Phi) is 3.46. The van der Waals surface area contributed by atoms with E-state index < -0.39 is 0 Å². The van der Waals surface area contributed by atoms with Crippen LogP contribution in [0.5, 0.6) is 0 Å². The first-order valence-electron chi connectivity index (χ1n) is 5.13. The molecular formula is C11H12FN3S. The van der Waals surface area contributed by atoms with E-state index in [1.807, 2.05) is 0 Å². The summed E-state index contributed by atoms with van der Waals surface area (Å²) in [6.07, 6.45) is 1.04. The monoisotopic (exact) mass is 237 g/mol. The molecule has 1 heterocycles. The van der Waals surface area contributed by atoms with E-state index in [1.165, 1.54) is 23.7 Å². The Balaban J connectivity index is 2.18. The summed E-state index contributed by atoms with van der Waals surface area (Å²) in [4.78, 5) is 4.29. The average molecular weight is 237 g/mol. The Morgan fingerprint density at radius 1 is 1.44 bits per heavy atom. The molecule has 0 atom stereocenters. The van der Waals surface area contributed by atoms with Crippen molar-refractivity contribution in [3.63, 3.8) is 0 Å². The van der Waals surface area contributed by atoms with E-state index in [1.54, 1.807) is 12.1 Å². The van der Waals surface area contributed by atoms with E-state index in [0.29, 0.717) is 11.4 Å². The van der Waals surface area contributed by atoms with Crippen LogP contribution in [0.3, 0.4) is 0 Å². The molecule has 0 aliphatic rings. The van der Waals surface area contributed by atoms with Gasteiger partial charge in [-0.25, -0.2) is 4.39 Å². The zero-order chi connectivity index (χ0) is 11.4. The quantitative estimate of drug-likeness (QED) is 0.887. The van der Waals surface area contributed by atoms with Crippen LogP contribution < -0.4 is 5.32 Å². The normalized spacial score (nSPS) is 10.4. The number of halogens is 1. The maximum atomic E-state index is 13.0. The Morgan fingerprint density at radius 3 is 3.06 bits per heavy atom. The van der Waals surface area contributed by atoms with Crippen LogP contribution in [0.4, 0.5) is 9.52 Å². The van der Waals surface area contributed by atoms with Crippen LogP contribution in [0.25, 0.3) is 11.4 Å². The van der Waals surface area contributed by atoms with Gasteiger partial charge in [0.15, 0.2) is 5.82 Å². The molecule has 1 N–H and O–H groups in total. The summed E-state index contributed by atoms with van der Waals surface area (Å²) >= 11 is 1.30. The second-order valence-electron chi connectivity index (χ2n) is 3.36. The molecular weight excluding hydrogens is 225 g/mol. The lowest BCUT2D eigenvalue weighted by atomic mass is 10.2. The molecule has 84 valence electrons. The third-order valence-electron chi connectivity index (χ3n) is 2.04. The van der Waals surface area contributed by atoms with E-state index in [0.717, 1.165) is 18.1 Å². The molecule has 1 aromatic heterocycles. The van der Waals surface area contributed by atoms with E-state index >= 15 is 0 Å². The number of hydrogen-bond donors (Lipinski definition) is 1. The first kappa shape index (κ1) is 11.0. The van der Waals surface area contributed by atoms with Crippen molar-refractivity contribution < 1.29 is 4.39 Å². The molecule has 2 aromatic rings. The van der Waals surface area contributed by atoms with Gasteiger partial charge in [-0.15, -0.1) is 0 Å². The van der Waals surface area contributed by atoms with Gasteiger partial charge in [-0.05, 0) is 18.6 Å². The van der Waals surface area contributed by atoms with E-state index in [4.69, 9.17) is 0 Å². The van der Waals surface area contributed by atoms with Crippen LogP contribution in [-0.2, 0) is 0 Å². The van der Waals surface area contributed by atoms with Gasteiger partial charge in [-0.1, -0.05) is 19.1 Å². The fraction of sp³-hybridized carbons (Fsp3) is 0.273. The molecule has 1 aromatic carbocycles. The van der Waals surface area contributed by atoms with Crippen LogP contribution in [0.2, 0.25) is 0 Å². The molecule has 0 radical (unpaired) electrons. The largest absolute Gasteiger partial charge is 0.360 e. The maximum Gasteiger partial charge on any atom is 0.202 e. The summed E-state index contributed by atoms with van der Waals surface area (Å²) in [5, 5.41) is 3.93. The number of hydrogen-bond acceptors (Lipinski definition) is 4. The summed E-state index contributed by atoms with van der Waals surface area (Å²) < 4.78 is 17.2. The smallest absolute Gasteiger partial charge is 0.202 e. The van der Waals surface area contributed by atoms with Gasteiger partial charge in [-0.2, -0.15) is 9.36 Å². The molecule has 0 saturated heterocycles. The van der Waals surface area contributed by atoms with Gasteiger partial charge >= 0.3 is 0 Å². The number of rotatable bonds is 4. The highest BCUT2D eigenvalue weighted by Gasteiger charge is 2.06. The van der Waals surface area contributed by atoms with Crippen LogP contribution in [0.1, 0.15) is 13.3 Å². The summed E-state index contributed by atoms with van der Waals surface area (Å²) in [6.45, 7) is 2.96. The highest BCUT2D eigenvalue weighted by molar-refractivity contribution is 7.09. The Bertz CT molecular complexity index is 470. The second-order valence-corrected chi connectivity index (χ2v) is 4.11. The lowest BCUT2D eigenvalue weighted by Crippen LogP contribution is -1.98. The van der Waals surface area contributed by atoms with Gasteiger partial charge in [0.2, 0.25) is 5.13 Å². The molecule has 3 nitrogen and oxygen atoms in total. The highest BCUT2D eigenvalue weighted by atomic mass is 32.1. The molecule has 0 unspecified atom stereocenters. The van der Waals surface area contributed by atoms with Crippen molar-refractivity contribution in [2.24, 2.45) is 0 Å². The molecule has 0 amide bonds.